The summed E-state index contributed by atoms with van der Waals surface area (Å²) in [4.78, 5) is 4.15. The van der Waals surface area contributed by atoms with Gasteiger partial charge in [-0.05, 0) is 25.0 Å². The topological polar surface area (TPSA) is 12.4 Å². The van der Waals surface area contributed by atoms with Crippen LogP contribution in [0.25, 0.3) is 0 Å². The number of thioether (sulfide) groups is 1. The second-order valence-electron chi connectivity index (χ2n) is 1.74. The molecule has 0 aromatic carbocycles. The minimum absolute atomic E-state index is 1.04. The van der Waals surface area contributed by atoms with E-state index in [0.29, 0.717) is 0 Å². The normalized spacial score (nSPS) is 13.0. The SMILES string of the molecule is CC/C(C)=N/C=C\SC. The van der Waals surface area contributed by atoms with E-state index in [0.717, 1.165) is 6.42 Å². The molecule has 0 spiro atoms. The van der Waals surface area contributed by atoms with Crippen molar-refractivity contribution in [2.24, 2.45) is 4.99 Å². The molecule has 0 bridgehead atoms. The van der Waals surface area contributed by atoms with Gasteiger partial charge in [-0.25, -0.2) is 0 Å². The molecule has 0 fully saturated rings. The summed E-state index contributed by atoms with van der Waals surface area (Å²) in [6.07, 6.45) is 4.90. The molecule has 0 aromatic rings. The molecule has 0 saturated carbocycles. The highest BCUT2D eigenvalue weighted by Gasteiger charge is 1.78. The monoisotopic (exact) mass is 143 g/mol. The number of nitrogens with zero attached hydrogens (tertiary/aromatic N) is 1. The van der Waals surface area contributed by atoms with Crippen LogP contribution in [0.3, 0.4) is 0 Å². The number of hydrogen-bond acceptors (Lipinski definition) is 2. The summed E-state index contributed by atoms with van der Waals surface area (Å²) in [5, 5.41) is 1.97. The van der Waals surface area contributed by atoms with Gasteiger partial charge in [0, 0.05) is 11.9 Å². The van der Waals surface area contributed by atoms with Gasteiger partial charge in [-0.3, -0.25) is 4.99 Å². The lowest BCUT2D eigenvalue weighted by molar-refractivity contribution is 1.25. The Labute approximate surface area is 61.3 Å². The molecule has 1 nitrogen and oxygen atoms in total. The van der Waals surface area contributed by atoms with Crippen molar-refractivity contribution >= 4 is 17.5 Å². The first-order valence-electron chi connectivity index (χ1n) is 3.02. The fraction of sp³-hybridized carbons (Fsp3) is 0.571. The van der Waals surface area contributed by atoms with Gasteiger partial charge in [0.25, 0.3) is 0 Å². The van der Waals surface area contributed by atoms with Gasteiger partial charge in [-0.1, -0.05) is 6.92 Å². The molecule has 0 rings (SSSR count). The van der Waals surface area contributed by atoms with Crippen molar-refractivity contribution in [1.29, 1.82) is 0 Å². The lowest BCUT2D eigenvalue weighted by Gasteiger charge is -1.86. The average Bonchev–Trinajstić information content (AvgIpc) is 1.89. The Hall–Kier alpha value is -0.240. The van der Waals surface area contributed by atoms with E-state index in [9.17, 15) is 0 Å². The Bertz CT molecular complexity index is 116. The molecular weight excluding hydrogens is 130 g/mol. The predicted molar refractivity (Wildman–Crippen MR) is 46.1 cm³/mol. The van der Waals surface area contributed by atoms with E-state index < -0.39 is 0 Å². The van der Waals surface area contributed by atoms with E-state index >= 15 is 0 Å². The third-order valence-electron chi connectivity index (χ3n) is 1.00. The van der Waals surface area contributed by atoms with Crippen LogP contribution in [0.1, 0.15) is 20.3 Å². The fourth-order valence-corrected chi connectivity index (χ4v) is 0.492. The first-order chi connectivity index (χ1) is 4.31. The van der Waals surface area contributed by atoms with Crippen LogP contribution < -0.4 is 0 Å². The molecule has 0 aromatic heterocycles. The smallest absolute Gasteiger partial charge is 0.0330 e. The molecule has 0 unspecified atom stereocenters. The Morgan fingerprint density at radius 1 is 1.67 bits per heavy atom. The second kappa shape index (κ2) is 5.89. The van der Waals surface area contributed by atoms with Gasteiger partial charge in [0.15, 0.2) is 0 Å². The Kier molecular flexibility index (Phi) is 5.73. The summed E-state index contributed by atoms with van der Waals surface area (Å²) in [5.41, 5.74) is 1.18. The molecule has 0 aliphatic heterocycles. The van der Waals surface area contributed by atoms with Crippen molar-refractivity contribution in [1.82, 2.24) is 0 Å². The second-order valence-corrected chi connectivity index (χ2v) is 2.48. The van der Waals surface area contributed by atoms with Crippen molar-refractivity contribution in [2.45, 2.75) is 20.3 Å². The Morgan fingerprint density at radius 2 is 2.33 bits per heavy atom. The number of aliphatic imine (C=N–C) groups is 1. The lowest BCUT2D eigenvalue weighted by Crippen LogP contribution is -1.83. The zero-order chi connectivity index (χ0) is 7.11. The summed E-state index contributed by atoms with van der Waals surface area (Å²) in [7, 11) is 0. The molecule has 0 N–H and O–H groups in total. The highest BCUT2D eigenvalue weighted by molar-refractivity contribution is 8.01. The predicted octanol–water partition coefficient (Wildman–Crippen LogP) is 2.69. The standard InChI is InChI=1S/C7H13NS/c1-4-7(2)8-5-6-9-3/h5-6H,4H2,1-3H3/b6-5-,8-7+. The molecule has 0 aliphatic carbocycles. The highest BCUT2D eigenvalue weighted by Crippen LogP contribution is 1.94. The van der Waals surface area contributed by atoms with E-state index in [2.05, 4.69) is 11.9 Å². The first-order valence-corrected chi connectivity index (χ1v) is 4.31. The molecule has 0 heterocycles. The third-order valence-corrected chi connectivity index (χ3v) is 1.40. The quantitative estimate of drug-likeness (QED) is 0.553. The maximum Gasteiger partial charge on any atom is 0.0330 e. The van der Waals surface area contributed by atoms with Crippen LogP contribution in [0.2, 0.25) is 0 Å². The Balaban J connectivity index is 3.55. The number of hydrogen-bond donors (Lipinski definition) is 0. The van der Waals surface area contributed by atoms with Crippen LogP contribution in [0.4, 0.5) is 0 Å². The molecule has 0 atom stereocenters. The number of rotatable bonds is 3. The van der Waals surface area contributed by atoms with Crippen molar-refractivity contribution < 1.29 is 0 Å². The first kappa shape index (κ1) is 8.76. The molecule has 2 heteroatoms. The molecule has 9 heavy (non-hydrogen) atoms. The van der Waals surface area contributed by atoms with E-state index in [4.69, 9.17) is 0 Å². The summed E-state index contributed by atoms with van der Waals surface area (Å²) >= 11 is 1.67. The van der Waals surface area contributed by atoms with Crippen LogP contribution in [-0.4, -0.2) is 12.0 Å². The van der Waals surface area contributed by atoms with E-state index in [1.807, 2.05) is 24.8 Å². The maximum absolute atomic E-state index is 4.15. The van der Waals surface area contributed by atoms with Gasteiger partial charge in [0.2, 0.25) is 0 Å². The van der Waals surface area contributed by atoms with Gasteiger partial charge in [0.1, 0.15) is 0 Å². The zero-order valence-corrected chi connectivity index (χ0v) is 7.03. The van der Waals surface area contributed by atoms with Crippen LogP contribution >= 0.6 is 11.8 Å². The molecular formula is C7H13NS. The summed E-state index contributed by atoms with van der Waals surface area (Å²) in [6, 6.07) is 0. The average molecular weight is 143 g/mol. The van der Waals surface area contributed by atoms with Crippen LogP contribution in [0.15, 0.2) is 16.6 Å². The third kappa shape index (κ3) is 5.63. The molecule has 0 aliphatic rings. The van der Waals surface area contributed by atoms with E-state index in [1.54, 1.807) is 11.8 Å². The lowest BCUT2D eigenvalue weighted by atomic mass is 10.3. The molecule has 0 amide bonds. The Morgan fingerprint density at radius 3 is 2.78 bits per heavy atom. The summed E-state index contributed by atoms with van der Waals surface area (Å²) in [5.74, 6) is 0. The summed E-state index contributed by atoms with van der Waals surface area (Å²) in [6.45, 7) is 4.14. The minimum Gasteiger partial charge on any atom is -0.265 e. The van der Waals surface area contributed by atoms with E-state index in [1.165, 1.54) is 5.71 Å². The van der Waals surface area contributed by atoms with Crippen molar-refractivity contribution in [3.05, 3.63) is 11.6 Å². The minimum atomic E-state index is 1.04. The van der Waals surface area contributed by atoms with Gasteiger partial charge in [-0.2, -0.15) is 0 Å². The molecule has 0 saturated heterocycles. The summed E-state index contributed by atoms with van der Waals surface area (Å²) < 4.78 is 0. The van der Waals surface area contributed by atoms with Crippen LogP contribution in [0.5, 0.6) is 0 Å². The van der Waals surface area contributed by atoms with Gasteiger partial charge >= 0.3 is 0 Å². The highest BCUT2D eigenvalue weighted by atomic mass is 32.2. The van der Waals surface area contributed by atoms with Gasteiger partial charge < -0.3 is 0 Å². The van der Waals surface area contributed by atoms with Gasteiger partial charge in [0.05, 0.1) is 0 Å². The molecule has 52 valence electrons. The maximum atomic E-state index is 4.15. The van der Waals surface area contributed by atoms with Crippen LogP contribution in [0, 0.1) is 0 Å². The van der Waals surface area contributed by atoms with Crippen molar-refractivity contribution in [3.8, 4) is 0 Å². The van der Waals surface area contributed by atoms with Crippen LogP contribution in [-0.2, 0) is 0 Å². The zero-order valence-electron chi connectivity index (χ0n) is 6.22. The molecule has 0 radical (unpaired) electrons. The fourth-order valence-electron chi connectivity index (χ4n) is 0.310. The van der Waals surface area contributed by atoms with Crippen molar-refractivity contribution in [3.63, 3.8) is 0 Å². The van der Waals surface area contributed by atoms with Crippen molar-refractivity contribution in [2.75, 3.05) is 6.26 Å². The van der Waals surface area contributed by atoms with E-state index in [-0.39, 0.29) is 0 Å². The largest absolute Gasteiger partial charge is 0.265 e. The van der Waals surface area contributed by atoms with Gasteiger partial charge in [-0.15, -0.1) is 11.8 Å².